The number of amides is 2. The van der Waals surface area contributed by atoms with E-state index >= 15 is 0 Å². The van der Waals surface area contributed by atoms with Gasteiger partial charge in [0.1, 0.15) is 12.4 Å². The van der Waals surface area contributed by atoms with Crippen LogP contribution in [0.5, 0.6) is 0 Å². The number of carbonyl (C=O) groups is 2. The number of halogens is 1. The van der Waals surface area contributed by atoms with Gasteiger partial charge in [-0.25, -0.2) is 4.39 Å². The standard InChI is InChI=1S/C20H18FN3O2/c1-13-4-3-5-18(6-13)24-11-14(2)23(12-19(24)25)20(26)16-7-15(10-22)8-17(21)9-16/h3-9,14H,11-12H2,1-2H3/t14-/m0/s1. The van der Waals surface area contributed by atoms with Crippen LogP contribution in [0, 0.1) is 24.1 Å². The molecule has 0 radical (unpaired) electrons. The zero-order chi connectivity index (χ0) is 18.8. The molecule has 1 atom stereocenters. The summed E-state index contributed by atoms with van der Waals surface area (Å²) in [7, 11) is 0. The maximum absolute atomic E-state index is 13.6. The van der Waals surface area contributed by atoms with Gasteiger partial charge in [0.25, 0.3) is 5.91 Å². The van der Waals surface area contributed by atoms with E-state index in [4.69, 9.17) is 5.26 Å². The number of hydrogen-bond donors (Lipinski definition) is 0. The second-order valence-corrected chi connectivity index (χ2v) is 6.47. The number of aryl methyl sites for hydroxylation is 1. The van der Waals surface area contributed by atoms with Crippen molar-refractivity contribution in [3.05, 3.63) is 65.0 Å². The van der Waals surface area contributed by atoms with Crippen LogP contribution in [0.1, 0.15) is 28.4 Å². The second-order valence-electron chi connectivity index (χ2n) is 6.47. The summed E-state index contributed by atoms with van der Waals surface area (Å²) in [6.45, 7) is 4.06. The molecular formula is C20H18FN3O2. The minimum atomic E-state index is -0.648. The smallest absolute Gasteiger partial charge is 0.254 e. The summed E-state index contributed by atoms with van der Waals surface area (Å²) in [6.07, 6.45) is 0. The van der Waals surface area contributed by atoms with Gasteiger partial charge < -0.3 is 9.80 Å². The molecule has 0 aromatic heterocycles. The van der Waals surface area contributed by atoms with Gasteiger partial charge in [-0.3, -0.25) is 9.59 Å². The van der Waals surface area contributed by atoms with Crippen LogP contribution in [-0.4, -0.2) is 35.8 Å². The fraction of sp³-hybridized carbons (Fsp3) is 0.250. The van der Waals surface area contributed by atoms with Gasteiger partial charge in [0.2, 0.25) is 5.91 Å². The predicted molar refractivity (Wildman–Crippen MR) is 95.1 cm³/mol. The molecular weight excluding hydrogens is 333 g/mol. The number of nitrogens with zero attached hydrogens (tertiary/aromatic N) is 3. The lowest BCUT2D eigenvalue weighted by Crippen LogP contribution is -2.57. The van der Waals surface area contributed by atoms with Crippen LogP contribution in [-0.2, 0) is 4.79 Å². The molecule has 1 fully saturated rings. The lowest BCUT2D eigenvalue weighted by Gasteiger charge is -2.39. The normalized spacial score (nSPS) is 17.2. The highest BCUT2D eigenvalue weighted by molar-refractivity contribution is 6.02. The van der Waals surface area contributed by atoms with E-state index in [9.17, 15) is 14.0 Å². The van der Waals surface area contributed by atoms with E-state index in [1.54, 1.807) is 4.90 Å². The molecule has 132 valence electrons. The zero-order valence-corrected chi connectivity index (χ0v) is 14.6. The molecule has 1 saturated heterocycles. The Hall–Kier alpha value is -3.20. The summed E-state index contributed by atoms with van der Waals surface area (Å²) in [5.74, 6) is -1.30. The van der Waals surface area contributed by atoms with E-state index in [0.29, 0.717) is 6.54 Å². The summed E-state index contributed by atoms with van der Waals surface area (Å²) in [4.78, 5) is 28.4. The minimum absolute atomic E-state index is 0.0743. The number of hydrogen-bond acceptors (Lipinski definition) is 3. The quantitative estimate of drug-likeness (QED) is 0.836. The fourth-order valence-corrected chi connectivity index (χ4v) is 3.11. The Morgan fingerprint density at radius 3 is 2.73 bits per heavy atom. The van der Waals surface area contributed by atoms with Crippen molar-refractivity contribution in [2.75, 3.05) is 18.0 Å². The van der Waals surface area contributed by atoms with E-state index in [1.165, 1.54) is 11.0 Å². The number of benzene rings is 2. The van der Waals surface area contributed by atoms with Crippen LogP contribution in [0.4, 0.5) is 10.1 Å². The molecule has 2 aromatic rings. The Labute approximate surface area is 151 Å². The molecule has 0 saturated carbocycles. The summed E-state index contributed by atoms with van der Waals surface area (Å²) in [5, 5.41) is 8.95. The number of anilines is 1. The Morgan fingerprint density at radius 1 is 1.27 bits per heavy atom. The molecule has 1 aliphatic heterocycles. The van der Waals surface area contributed by atoms with Crippen LogP contribution in [0.2, 0.25) is 0 Å². The molecule has 1 aliphatic rings. The van der Waals surface area contributed by atoms with Crippen molar-refractivity contribution in [3.8, 4) is 6.07 Å². The summed E-state index contributed by atoms with van der Waals surface area (Å²) >= 11 is 0. The van der Waals surface area contributed by atoms with Gasteiger partial charge in [-0.2, -0.15) is 5.26 Å². The highest BCUT2D eigenvalue weighted by Gasteiger charge is 2.33. The summed E-state index contributed by atoms with van der Waals surface area (Å²) in [6, 6.07) is 12.7. The molecule has 1 heterocycles. The van der Waals surface area contributed by atoms with Crippen molar-refractivity contribution in [1.29, 1.82) is 5.26 Å². The Morgan fingerprint density at radius 2 is 2.04 bits per heavy atom. The number of rotatable bonds is 2. The minimum Gasteiger partial charge on any atom is -0.325 e. The molecule has 2 amide bonds. The van der Waals surface area contributed by atoms with E-state index < -0.39 is 11.7 Å². The number of nitriles is 1. The highest BCUT2D eigenvalue weighted by Crippen LogP contribution is 2.23. The van der Waals surface area contributed by atoms with Crippen LogP contribution in [0.3, 0.4) is 0 Å². The molecule has 0 aliphatic carbocycles. The number of piperazine rings is 1. The number of carbonyl (C=O) groups excluding carboxylic acids is 2. The molecule has 26 heavy (non-hydrogen) atoms. The van der Waals surface area contributed by atoms with Crippen molar-refractivity contribution in [1.82, 2.24) is 4.90 Å². The second kappa shape index (κ2) is 6.96. The summed E-state index contributed by atoms with van der Waals surface area (Å²) < 4.78 is 13.6. The van der Waals surface area contributed by atoms with Crippen molar-refractivity contribution >= 4 is 17.5 Å². The Kier molecular flexibility index (Phi) is 4.72. The van der Waals surface area contributed by atoms with Crippen molar-refractivity contribution < 1.29 is 14.0 Å². The molecule has 0 N–H and O–H groups in total. The third-order valence-electron chi connectivity index (χ3n) is 4.43. The largest absolute Gasteiger partial charge is 0.325 e. The lowest BCUT2D eigenvalue weighted by atomic mass is 10.1. The molecule has 0 spiro atoms. The van der Waals surface area contributed by atoms with E-state index in [0.717, 1.165) is 23.4 Å². The first kappa shape index (κ1) is 17.6. The van der Waals surface area contributed by atoms with Gasteiger partial charge >= 0.3 is 0 Å². The molecule has 6 heteroatoms. The monoisotopic (exact) mass is 351 g/mol. The zero-order valence-electron chi connectivity index (χ0n) is 14.6. The molecule has 0 unspecified atom stereocenters. The molecule has 2 aromatic carbocycles. The molecule has 0 bridgehead atoms. The first-order chi connectivity index (χ1) is 12.4. The van der Waals surface area contributed by atoms with E-state index in [2.05, 4.69) is 0 Å². The van der Waals surface area contributed by atoms with Crippen LogP contribution in [0.25, 0.3) is 0 Å². The third-order valence-corrected chi connectivity index (χ3v) is 4.43. The highest BCUT2D eigenvalue weighted by atomic mass is 19.1. The fourth-order valence-electron chi connectivity index (χ4n) is 3.11. The average molecular weight is 351 g/mol. The third kappa shape index (κ3) is 3.42. The van der Waals surface area contributed by atoms with Gasteiger partial charge in [0, 0.05) is 23.8 Å². The first-order valence-electron chi connectivity index (χ1n) is 8.27. The van der Waals surface area contributed by atoms with Crippen LogP contribution < -0.4 is 4.90 Å². The van der Waals surface area contributed by atoms with E-state index in [-0.39, 0.29) is 29.6 Å². The van der Waals surface area contributed by atoms with Gasteiger partial charge in [-0.1, -0.05) is 12.1 Å². The first-order valence-corrected chi connectivity index (χ1v) is 8.27. The molecule has 3 rings (SSSR count). The lowest BCUT2D eigenvalue weighted by molar-refractivity contribution is -0.121. The van der Waals surface area contributed by atoms with Gasteiger partial charge in [-0.15, -0.1) is 0 Å². The van der Waals surface area contributed by atoms with Gasteiger partial charge in [0.05, 0.1) is 11.6 Å². The Bertz CT molecular complexity index is 920. The Balaban J connectivity index is 1.84. The summed E-state index contributed by atoms with van der Waals surface area (Å²) in [5.41, 5.74) is 1.99. The predicted octanol–water partition coefficient (Wildman–Crippen LogP) is 2.88. The maximum Gasteiger partial charge on any atom is 0.254 e. The van der Waals surface area contributed by atoms with Gasteiger partial charge in [-0.05, 0) is 49.7 Å². The van der Waals surface area contributed by atoms with Crippen LogP contribution >= 0.6 is 0 Å². The SMILES string of the molecule is Cc1cccc(N2C[C@H](C)N(C(=O)c3cc(F)cc(C#N)c3)CC2=O)c1. The average Bonchev–Trinajstić information content (AvgIpc) is 2.62. The van der Waals surface area contributed by atoms with Crippen molar-refractivity contribution in [2.24, 2.45) is 0 Å². The van der Waals surface area contributed by atoms with Crippen LogP contribution in [0.15, 0.2) is 42.5 Å². The van der Waals surface area contributed by atoms with Gasteiger partial charge in [0.15, 0.2) is 0 Å². The molecule has 5 nitrogen and oxygen atoms in total. The van der Waals surface area contributed by atoms with Crippen molar-refractivity contribution in [2.45, 2.75) is 19.9 Å². The topological polar surface area (TPSA) is 64.4 Å². The maximum atomic E-state index is 13.6. The van der Waals surface area contributed by atoms with Crippen molar-refractivity contribution in [3.63, 3.8) is 0 Å². The van der Waals surface area contributed by atoms with E-state index in [1.807, 2.05) is 44.2 Å².